The molecule has 0 radical (unpaired) electrons. The number of nitrogens with two attached hydrogens (primary N) is 1. The SMILES string of the molecule is CN=NN=C(N)C(c1ccccc1)N1CCN(Oc2ccc(N3CCCC3=O)cc2NC)CC1. The third-order valence-corrected chi connectivity index (χ3v) is 6.13. The lowest BCUT2D eigenvalue weighted by Gasteiger charge is -2.38. The van der Waals surface area contributed by atoms with E-state index in [1.807, 2.05) is 65.5 Å². The molecule has 1 amide bonds. The number of carbonyl (C=O) groups excluding carboxylic acids is 1. The highest BCUT2D eigenvalue weighted by molar-refractivity contribution is 5.96. The molecular weight excluding hydrogens is 432 g/mol. The zero-order valence-electron chi connectivity index (χ0n) is 19.7. The lowest BCUT2D eigenvalue weighted by Crippen LogP contribution is -2.51. The van der Waals surface area contributed by atoms with E-state index in [1.54, 1.807) is 7.05 Å². The smallest absolute Gasteiger partial charge is 0.227 e. The molecule has 0 aliphatic carbocycles. The van der Waals surface area contributed by atoms with Crippen molar-refractivity contribution >= 4 is 23.1 Å². The monoisotopic (exact) mass is 464 g/mol. The van der Waals surface area contributed by atoms with Gasteiger partial charge in [0.2, 0.25) is 5.91 Å². The number of anilines is 2. The molecular formula is C24H32N8O2. The number of hydrogen-bond acceptors (Lipinski definition) is 7. The highest BCUT2D eigenvalue weighted by Crippen LogP contribution is 2.32. The molecule has 1 atom stereocenters. The number of amides is 1. The van der Waals surface area contributed by atoms with Gasteiger partial charge in [-0.05, 0) is 35.4 Å². The maximum Gasteiger partial charge on any atom is 0.227 e. The number of hydroxylamine groups is 2. The van der Waals surface area contributed by atoms with Gasteiger partial charge in [-0.15, -0.1) is 10.2 Å². The zero-order chi connectivity index (χ0) is 23.9. The van der Waals surface area contributed by atoms with Crippen molar-refractivity contribution in [2.24, 2.45) is 21.2 Å². The largest absolute Gasteiger partial charge is 0.404 e. The normalized spacial score (nSPS) is 19.1. The van der Waals surface area contributed by atoms with E-state index < -0.39 is 0 Å². The molecule has 2 heterocycles. The minimum Gasteiger partial charge on any atom is -0.404 e. The van der Waals surface area contributed by atoms with Gasteiger partial charge in [0.05, 0.1) is 18.8 Å². The van der Waals surface area contributed by atoms with Crippen molar-refractivity contribution in [3.05, 3.63) is 54.1 Å². The Hall–Kier alpha value is -3.50. The van der Waals surface area contributed by atoms with Crippen LogP contribution >= 0.6 is 0 Å². The molecule has 2 aromatic rings. The van der Waals surface area contributed by atoms with Crippen LogP contribution in [-0.4, -0.2) is 68.5 Å². The summed E-state index contributed by atoms with van der Waals surface area (Å²) in [5.74, 6) is 1.31. The molecule has 34 heavy (non-hydrogen) atoms. The molecule has 0 bridgehead atoms. The van der Waals surface area contributed by atoms with Gasteiger partial charge >= 0.3 is 0 Å². The molecule has 3 N–H and O–H groups in total. The highest BCUT2D eigenvalue weighted by atomic mass is 16.7. The second-order valence-electron chi connectivity index (χ2n) is 8.26. The number of rotatable bonds is 8. The van der Waals surface area contributed by atoms with E-state index in [9.17, 15) is 4.79 Å². The Labute approximate surface area is 200 Å². The molecule has 2 aliphatic rings. The van der Waals surface area contributed by atoms with Crippen LogP contribution in [0.15, 0.2) is 64.0 Å². The summed E-state index contributed by atoms with van der Waals surface area (Å²) in [6.45, 7) is 3.64. The third-order valence-electron chi connectivity index (χ3n) is 6.13. The lowest BCUT2D eigenvalue weighted by molar-refractivity contribution is -0.117. The predicted molar refractivity (Wildman–Crippen MR) is 133 cm³/mol. The van der Waals surface area contributed by atoms with Gasteiger partial charge in [-0.3, -0.25) is 9.69 Å². The maximum absolute atomic E-state index is 12.1. The zero-order valence-corrected chi connectivity index (χ0v) is 19.7. The Morgan fingerprint density at radius 2 is 1.85 bits per heavy atom. The number of nitrogens with zero attached hydrogens (tertiary/aromatic N) is 6. The maximum atomic E-state index is 12.1. The summed E-state index contributed by atoms with van der Waals surface area (Å²) in [5.41, 5.74) is 9.12. The van der Waals surface area contributed by atoms with Crippen LogP contribution in [-0.2, 0) is 4.79 Å². The molecule has 2 fully saturated rings. The molecule has 0 aromatic heterocycles. The van der Waals surface area contributed by atoms with Crippen molar-refractivity contribution in [3.8, 4) is 5.75 Å². The lowest BCUT2D eigenvalue weighted by atomic mass is 10.0. The van der Waals surface area contributed by atoms with Gasteiger partial charge in [0.1, 0.15) is 5.84 Å². The van der Waals surface area contributed by atoms with Crippen LogP contribution < -0.4 is 20.8 Å². The number of benzene rings is 2. The number of carbonyl (C=O) groups is 1. The van der Waals surface area contributed by atoms with Crippen LogP contribution in [0.3, 0.4) is 0 Å². The molecule has 2 saturated heterocycles. The fourth-order valence-electron chi connectivity index (χ4n) is 4.43. The van der Waals surface area contributed by atoms with Crippen molar-refractivity contribution in [1.29, 1.82) is 0 Å². The first-order chi connectivity index (χ1) is 16.6. The fourth-order valence-corrected chi connectivity index (χ4v) is 4.43. The molecule has 0 spiro atoms. The summed E-state index contributed by atoms with van der Waals surface area (Å²) < 4.78 is 0. The van der Waals surface area contributed by atoms with Gasteiger partial charge < -0.3 is 20.8 Å². The van der Waals surface area contributed by atoms with Gasteiger partial charge in [-0.2, -0.15) is 5.11 Å². The number of piperazine rings is 1. The van der Waals surface area contributed by atoms with E-state index in [0.717, 1.165) is 48.7 Å². The van der Waals surface area contributed by atoms with Crippen LogP contribution in [0.5, 0.6) is 5.75 Å². The van der Waals surface area contributed by atoms with Crippen LogP contribution in [0.1, 0.15) is 24.4 Å². The molecule has 10 heteroatoms. The summed E-state index contributed by atoms with van der Waals surface area (Å²) in [6, 6.07) is 15.7. The van der Waals surface area contributed by atoms with Crippen molar-refractivity contribution in [1.82, 2.24) is 9.96 Å². The second-order valence-corrected chi connectivity index (χ2v) is 8.26. The summed E-state index contributed by atoms with van der Waals surface area (Å²) in [7, 11) is 3.43. The van der Waals surface area contributed by atoms with E-state index in [1.165, 1.54) is 0 Å². The van der Waals surface area contributed by atoms with E-state index in [4.69, 9.17) is 10.6 Å². The third kappa shape index (κ3) is 5.35. The van der Waals surface area contributed by atoms with Crippen molar-refractivity contribution in [2.75, 3.05) is 57.0 Å². The number of nitrogens with one attached hydrogen (secondary N) is 1. The summed E-state index contributed by atoms with van der Waals surface area (Å²) in [4.78, 5) is 22.4. The average Bonchev–Trinajstić information content (AvgIpc) is 3.30. The van der Waals surface area contributed by atoms with Gasteiger partial charge in [0.15, 0.2) is 5.75 Å². The Bertz CT molecular complexity index is 1030. The van der Waals surface area contributed by atoms with E-state index in [-0.39, 0.29) is 11.9 Å². The quantitative estimate of drug-likeness (QED) is 0.269. The first kappa shape index (κ1) is 23.7. The number of amidine groups is 1. The summed E-state index contributed by atoms with van der Waals surface area (Å²) >= 11 is 0. The van der Waals surface area contributed by atoms with E-state index in [0.29, 0.717) is 25.3 Å². The van der Waals surface area contributed by atoms with Gasteiger partial charge in [-0.1, -0.05) is 30.3 Å². The average molecular weight is 465 g/mol. The minimum absolute atomic E-state index is 0.169. The van der Waals surface area contributed by atoms with E-state index in [2.05, 4.69) is 25.7 Å². The Morgan fingerprint density at radius 3 is 2.50 bits per heavy atom. The number of hydrogen-bond donors (Lipinski definition) is 2. The first-order valence-electron chi connectivity index (χ1n) is 11.6. The Balaban J connectivity index is 1.43. The predicted octanol–water partition coefficient (Wildman–Crippen LogP) is 2.86. The molecule has 180 valence electrons. The molecule has 4 rings (SSSR count). The van der Waals surface area contributed by atoms with Crippen LogP contribution in [0.4, 0.5) is 11.4 Å². The van der Waals surface area contributed by atoms with Crippen LogP contribution in [0, 0.1) is 0 Å². The molecule has 1 unspecified atom stereocenters. The Morgan fingerprint density at radius 1 is 1.09 bits per heavy atom. The second kappa shape index (κ2) is 11.1. The molecule has 0 saturated carbocycles. The van der Waals surface area contributed by atoms with Gasteiger partial charge in [0, 0.05) is 51.9 Å². The topological polar surface area (TPSA) is 111 Å². The van der Waals surface area contributed by atoms with Crippen LogP contribution in [0.25, 0.3) is 0 Å². The van der Waals surface area contributed by atoms with Crippen molar-refractivity contribution in [2.45, 2.75) is 18.9 Å². The van der Waals surface area contributed by atoms with E-state index >= 15 is 0 Å². The standard InChI is InChI=1S/C24H32N8O2/c1-26-20-17-19(32-12-6-9-22(32)33)10-11-21(20)34-31-15-13-30(14-16-31)23(24(25)28-29-27-2)18-7-4-3-5-8-18/h3-5,7-8,10-11,17,23,26H,6,9,12-16H2,1-2H3,(H2,25,27,28). The van der Waals surface area contributed by atoms with Crippen LogP contribution in [0.2, 0.25) is 0 Å². The van der Waals surface area contributed by atoms with Gasteiger partial charge in [-0.25, -0.2) is 0 Å². The van der Waals surface area contributed by atoms with Gasteiger partial charge in [0.25, 0.3) is 0 Å². The van der Waals surface area contributed by atoms with Crippen molar-refractivity contribution in [3.63, 3.8) is 0 Å². The summed E-state index contributed by atoms with van der Waals surface area (Å²) in [6.07, 6.45) is 1.51. The first-order valence-corrected chi connectivity index (χ1v) is 11.6. The summed E-state index contributed by atoms with van der Waals surface area (Å²) in [5, 5.41) is 16.7. The van der Waals surface area contributed by atoms with Crippen molar-refractivity contribution < 1.29 is 9.63 Å². The molecule has 10 nitrogen and oxygen atoms in total. The molecule has 2 aromatic carbocycles. The fraction of sp³-hybridized carbons (Fsp3) is 0.417. The molecule has 2 aliphatic heterocycles. The Kier molecular flexibility index (Phi) is 7.71. The highest BCUT2D eigenvalue weighted by Gasteiger charge is 2.29. The minimum atomic E-state index is -0.181.